The lowest BCUT2D eigenvalue weighted by Gasteiger charge is -2.35. The summed E-state index contributed by atoms with van der Waals surface area (Å²) >= 11 is 3.66. The van der Waals surface area contributed by atoms with E-state index in [1.807, 2.05) is 12.1 Å². The molecule has 24 heavy (non-hydrogen) atoms. The lowest BCUT2D eigenvalue weighted by molar-refractivity contribution is 0.170. The summed E-state index contributed by atoms with van der Waals surface area (Å²) in [6, 6.07) is 5.95. The molecule has 6 nitrogen and oxygen atoms in total. The summed E-state index contributed by atoms with van der Waals surface area (Å²) in [5.74, 6) is 2.48. The van der Waals surface area contributed by atoms with E-state index in [0.29, 0.717) is 13.2 Å². The molecule has 0 N–H and O–H groups in total. The molecule has 0 saturated carbocycles. The lowest BCUT2D eigenvalue weighted by atomic mass is 10.1. The first kappa shape index (κ1) is 15.7. The molecule has 2 aliphatic rings. The first-order valence-electron chi connectivity index (χ1n) is 8.12. The van der Waals surface area contributed by atoms with E-state index in [4.69, 9.17) is 9.47 Å². The summed E-state index contributed by atoms with van der Waals surface area (Å²) in [7, 11) is 0. The fraction of sp³-hybridized carbons (Fsp3) is 0.412. The van der Waals surface area contributed by atoms with Crippen LogP contribution in [0.2, 0.25) is 0 Å². The molecule has 2 aromatic rings. The molecule has 4 rings (SSSR count). The topological polar surface area (TPSA) is 50.7 Å². The Hall–Kier alpha value is -1.86. The smallest absolute Gasteiger partial charge is 0.225 e. The van der Waals surface area contributed by atoms with E-state index in [1.54, 1.807) is 12.4 Å². The second-order valence-electron chi connectivity index (χ2n) is 5.90. The van der Waals surface area contributed by atoms with E-state index < -0.39 is 0 Å². The first-order valence-corrected chi connectivity index (χ1v) is 8.91. The molecular weight excluding hydrogens is 372 g/mol. The van der Waals surface area contributed by atoms with Gasteiger partial charge in [0.25, 0.3) is 0 Å². The van der Waals surface area contributed by atoms with Crippen LogP contribution < -0.4 is 14.4 Å². The number of piperazine rings is 1. The van der Waals surface area contributed by atoms with Crippen molar-refractivity contribution in [2.45, 2.75) is 6.54 Å². The fourth-order valence-electron chi connectivity index (χ4n) is 3.03. The van der Waals surface area contributed by atoms with Crippen molar-refractivity contribution < 1.29 is 9.47 Å². The van der Waals surface area contributed by atoms with Crippen molar-refractivity contribution >= 4 is 21.9 Å². The molecule has 0 unspecified atom stereocenters. The molecule has 0 amide bonds. The van der Waals surface area contributed by atoms with E-state index in [-0.39, 0.29) is 0 Å². The van der Waals surface area contributed by atoms with Crippen LogP contribution in [0.25, 0.3) is 0 Å². The molecule has 3 heterocycles. The second kappa shape index (κ2) is 6.94. The van der Waals surface area contributed by atoms with Crippen molar-refractivity contribution in [2.75, 3.05) is 44.3 Å². The Kier molecular flexibility index (Phi) is 4.53. The van der Waals surface area contributed by atoms with Gasteiger partial charge in [0.1, 0.15) is 13.2 Å². The Morgan fingerprint density at radius 3 is 2.33 bits per heavy atom. The van der Waals surface area contributed by atoms with Gasteiger partial charge in [-0.15, -0.1) is 0 Å². The van der Waals surface area contributed by atoms with Gasteiger partial charge >= 0.3 is 0 Å². The van der Waals surface area contributed by atoms with Crippen LogP contribution in [-0.2, 0) is 6.54 Å². The van der Waals surface area contributed by atoms with Crippen LogP contribution in [0.4, 0.5) is 5.95 Å². The third-order valence-corrected chi connectivity index (χ3v) is 5.05. The number of hydrogen-bond acceptors (Lipinski definition) is 6. The molecule has 1 saturated heterocycles. The van der Waals surface area contributed by atoms with Gasteiger partial charge in [-0.05, 0) is 23.8 Å². The maximum atomic E-state index is 5.69. The standard InChI is InChI=1S/C17H19BrN4O2/c18-14-11-16-15(23-8-9-24-16)10-13(14)12-21-4-6-22(7-5-21)17-19-2-1-3-20-17/h1-3,10-11H,4-9,12H2. The number of rotatable bonds is 3. The SMILES string of the molecule is Brc1cc2c(cc1CN1CCN(c3ncccn3)CC1)OCCO2. The van der Waals surface area contributed by atoms with Crippen molar-refractivity contribution in [3.63, 3.8) is 0 Å². The van der Waals surface area contributed by atoms with Crippen LogP contribution in [0.3, 0.4) is 0 Å². The molecule has 1 aromatic heterocycles. The molecular formula is C17H19BrN4O2. The zero-order chi connectivity index (χ0) is 16.4. The van der Waals surface area contributed by atoms with Gasteiger partial charge in [0.15, 0.2) is 11.5 Å². The van der Waals surface area contributed by atoms with Crippen LogP contribution >= 0.6 is 15.9 Å². The Morgan fingerprint density at radius 2 is 1.62 bits per heavy atom. The van der Waals surface area contributed by atoms with Crippen LogP contribution in [0.5, 0.6) is 11.5 Å². The zero-order valence-electron chi connectivity index (χ0n) is 13.3. The number of anilines is 1. The number of halogens is 1. The van der Waals surface area contributed by atoms with E-state index in [2.05, 4.69) is 41.8 Å². The minimum atomic E-state index is 0.613. The highest BCUT2D eigenvalue weighted by Gasteiger charge is 2.21. The quantitative estimate of drug-likeness (QED) is 0.801. The summed E-state index contributed by atoms with van der Waals surface area (Å²) in [5, 5.41) is 0. The fourth-order valence-corrected chi connectivity index (χ4v) is 3.48. The van der Waals surface area contributed by atoms with E-state index in [1.165, 1.54) is 5.56 Å². The van der Waals surface area contributed by atoms with Gasteiger partial charge in [-0.3, -0.25) is 4.90 Å². The number of ether oxygens (including phenoxy) is 2. The summed E-state index contributed by atoms with van der Waals surface area (Å²) in [6.07, 6.45) is 3.59. The van der Waals surface area contributed by atoms with Gasteiger partial charge < -0.3 is 14.4 Å². The molecule has 0 spiro atoms. The van der Waals surface area contributed by atoms with Crippen LogP contribution in [0, 0.1) is 0 Å². The molecule has 2 aliphatic heterocycles. The monoisotopic (exact) mass is 390 g/mol. The highest BCUT2D eigenvalue weighted by Crippen LogP contribution is 2.36. The van der Waals surface area contributed by atoms with Gasteiger partial charge in [-0.25, -0.2) is 9.97 Å². The Morgan fingerprint density at radius 1 is 0.958 bits per heavy atom. The number of hydrogen-bond donors (Lipinski definition) is 0. The van der Waals surface area contributed by atoms with Crippen molar-refractivity contribution in [1.29, 1.82) is 0 Å². The van der Waals surface area contributed by atoms with Crippen molar-refractivity contribution in [3.05, 3.63) is 40.6 Å². The normalized spacial score (nSPS) is 17.8. The highest BCUT2D eigenvalue weighted by molar-refractivity contribution is 9.10. The average Bonchev–Trinajstić information content (AvgIpc) is 2.64. The van der Waals surface area contributed by atoms with Crippen molar-refractivity contribution in [1.82, 2.24) is 14.9 Å². The van der Waals surface area contributed by atoms with Crippen LogP contribution in [0.15, 0.2) is 35.1 Å². The Labute approximate surface area is 149 Å². The number of benzene rings is 1. The van der Waals surface area contributed by atoms with Gasteiger partial charge in [0.05, 0.1) is 0 Å². The first-order chi connectivity index (χ1) is 11.8. The molecule has 126 valence electrons. The predicted octanol–water partition coefficient (Wildman–Crippen LogP) is 2.33. The predicted molar refractivity (Wildman–Crippen MR) is 94.7 cm³/mol. The van der Waals surface area contributed by atoms with Gasteiger partial charge in [-0.1, -0.05) is 15.9 Å². The van der Waals surface area contributed by atoms with Gasteiger partial charge in [0.2, 0.25) is 5.95 Å². The number of aromatic nitrogens is 2. The van der Waals surface area contributed by atoms with Crippen LogP contribution in [0.1, 0.15) is 5.56 Å². The maximum absolute atomic E-state index is 5.69. The van der Waals surface area contributed by atoms with Gasteiger partial charge in [0, 0.05) is 49.6 Å². The maximum Gasteiger partial charge on any atom is 0.225 e. The highest BCUT2D eigenvalue weighted by atomic mass is 79.9. The molecule has 0 aliphatic carbocycles. The third-order valence-electron chi connectivity index (χ3n) is 4.31. The summed E-state index contributed by atoms with van der Waals surface area (Å²) in [5.41, 5.74) is 1.23. The second-order valence-corrected chi connectivity index (χ2v) is 6.75. The Balaban J connectivity index is 1.40. The van der Waals surface area contributed by atoms with Crippen molar-refractivity contribution in [3.8, 4) is 11.5 Å². The molecule has 7 heteroatoms. The summed E-state index contributed by atoms with van der Waals surface area (Å²) in [6.45, 7) is 5.96. The van der Waals surface area contributed by atoms with E-state index in [9.17, 15) is 0 Å². The molecule has 1 fully saturated rings. The van der Waals surface area contributed by atoms with Crippen LogP contribution in [-0.4, -0.2) is 54.3 Å². The molecule has 0 radical (unpaired) electrons. The minimum absolute atomic E-state index is 0.613. The zero-order valence-corrected chi connectivity index (χ0v) is 14.9. The van der Waals surface area contributed by atoms with Gasteiger partial charge in [-0.2, -0.15) is 0 Å². The van der Waals surface area contributed by atoms with E-state index in [0.717, 1.165) is 54.6 Å². The lowest BCUT2D eigenvalue weighted by Crippen LogP contribution is -2.46. The molecule has 0 atom stereocenters. The number of fused-ring (bicyclic) bond motifs is 1. The molecule has 0 bridgehead atoms. The third kappa shape index (κ3) is 3.32. The average molecular weight is 391 g/mol. The number of nitrogens with zero attached hydrogens (tertiary/aromatic N) is 4. The molecule has 1 aromatic carbocycles. The minimum Gasteiger partial charge on any atom is -0.486 e. The van der Waals surface area contributed by atoms with Crippen molar-refractivity contribution in [2.24, 2.45) is 0 Å². The Bertz CT molecular complexity index is 705. The summed E-state index contributed by atoms with van der Waals surface area (Å²) < 4.78 is 12.4. The largest absolute Gasteiger partial charge is 0.486 e. The van der Waals surface area contributed by atoms with E-state index >= 15 is 0 Å². The summed E-state index contributed by atoms with van der Waals surface area (Å²) in [4.78, 5) is 13.3.